The van der Waals surface area contributed by atoms with Gasteiger partial charge in [0.2, 0.25) is 5.91 Å². The first kappa shape index (κ1) is 12.3. The Morgan fingerprint density at radius 2 is 2.12 bits per heavy atom. The Hall–Kier alpha value is -1.16. The molecule has 4 heteroatoms. The van der Waals surface area contributed by atoms with E-state index in [2.05, 4.69) is 6.07 Å². The summed E-state index contributed by atoms with van der Waals surface area (Å²) >= 11 is 0. The van der Waals surface area contributed by atoms with E-state index in [1.165, 1.54) is 10.5 Å². The van der Waals surface area contributed by atoms with E-state index in [1.54, 1.807) is 14.1 Å². The third-order valence-electron chi connectivity index (χ3n) is 3.16. The van der Waals surface area contributed by atoms with Gasteiger partial charge < -0.3 is 4.90 Å². The van der Waals surface area contributed by atoms with E-state index in [4.69, 9.17) is 0 Å². The van der Waals surface area contributed by atoms with Gasteiger partial charge >= 0.3 is 0 Å². The monoisotopic (exact) mass is 251 g/mol. The Labute approximate surface area is 104 Å². The van der Waals surface area contributed by atoms with Gasteiger partial charge in [0, 0.05) is 24.9 Å². The zero-order valence-electron chi connectivity index (χ0n) is 10.2. The minimum Gasteiger partial charge on any atom is -0.348 e. The molecule has 2 atom stereocenters. The highest BCUT2D eigenvalue weighted by molar-refractivity contribution is 7.86. The van der Waals surface area contributed by atoms with Gasteiger partial charge in [-0.05, 0) is 24.0 Å². The summed E-state index contributed by atoms with van der Waals surface area (Å²) in [5, 5.41) is 0.0371. The Morgan fingerprint density at radius 1 is 1.41 bits per heavy atom. The minimum absolute atomic E-state index is 0.0371. The van der Waals surface area contributed by atoms with Crippen molar-refractivity contribution in [2.45, 2.75) is 18.1 Å². The molecule has 1 aliphatic rings. The van der Waals surface area contributed by atoms with Crippen molar-refractivity contribution < 1.29 is 9.00 Å². The molecule has 92 valence electrons. The average molecular weight is 251 g/mol. The summed E-state index contributed by atoms with van der Waals surface area (Å²) in [5.41, 5.74) is 2.44. The highest BCUT2D eigenvalue weighted by Gasteiger charge is 2.28. The van der Waals surface area contributed by atoms with Crippen LogP contribution in [-0.4, -0.2) is 34.9 Å². The molecule has 0 heterocycles. The van der Waals surface area contributed by atoms with Crippen LogP contribution in [0.2, 0.25) is 0 Å². The number of rotatable bonds is 3. The molecule has 2 rings (SSSR count). The topological polar surface area (TPSA) is 37.4 Å². The van der Waals surface area contributed by atoms with Crippen molar-refractivity contribution in [1.82, 2.24) is 4.90 Å². The third-order valence-corrected chi connectivity index (χ3v) is 4.82. The largest absolute Gasteiger partial charge is 0.348 e. The van der Waals surface area contributed by atoms with Crippen molar-refractivity contribution >= 4 is 16.7 Å². The van der Waals surface area contributed by atoms with E-state index in [1.807, 2.05) is 18.2 Å². The Kier molecular flexibility index (Phi) is 3.62. The predicted molar refractivity (Wildman–Crippen MR) is 69.2 cm³/mol. The van der Waals surface area contributed by atoms with Gasteiger partial charge in [-0.1, -0.05) is 24.3 Å². The molecule has 0 aromatic heterocycles. The van der Waals surface area contributed by atoms with E-state index in [-0.39, 0.29) is 16.9 Å². The molecule has 0 unspecified atom stereocenters. The summed E-state index contributed by atoms with van der Waals surface area (Å²) in [5.74, 6) is 0.0687. The maximum absolute atomic E-state index is 12.2. The number of nitrogens with zero attached hydrogens (tertiary/aromatic N) is 1. The van der Waals surface area contributed by atoms with Crippen molar-refractivity contribution in [3.05, 3.63) is 35.4 Å². The maximum atomic E-state index is 12.2. The molecule has 0 spiro atoms. The van der Waals surface area contributed by atoms with E-state index in [9.17, 15) is 9.00 Å². The van der Waals surface area contributed by atoms with E-state index in [0.29, 0.717) is 0 Å². The second-order valence-corrected chi connectivity index (χ2v) is 6.16. The fourth-order valence-corrected chi connectivity index (χ4v) is 3.74. The fourth-order valence-electron chi connectivity index (χ4n) is 2.14. The molecule has 17 heavy (non-hydrogen) atoms. The van der Waals surface area contributed by atoms with Crippen LogP contribution in [0.5, 0.6) is 0 Å². The Balaban J connectivity index is 2.10. The summed E-state index contributed by atoms with van der Waals surface area (Å²) < 4.78 is 12.2. The van der Waals surface area contributed by atoms with Crippen LogP contribution in [0.15, 0.2) is 24.3 Å². The number of aryl methyl sites for hydroxylation is 1. The predicted octanol–water partition coefficient (Wildman–Crippen LogP) is 1.51. The lowest BCUT2D eigenvalue weighted by atomic mass is 10.1. The number of hydrogen-bond donors (Lipinski definition) is 0. The number of benzene rings is 1. The molecule has 1 aromatic carbocycles. The van der Waals surface area contributed by atoms with Crippen molar-refractivity contribution in [2.24, 2.45) is 0 Å². The van der Waals surface area contributed by atoms with Crippen LogP contribution in [0, 0.1) is 0 Å². The summed E-state index contributed by atoms with van der Waals surface area (Å²) in [4.78, 5) is 13.1. The van der Waals surface area contributed by atoms with E-state index in [0.717, 1.165) is 18.4 Å². The summed E-state index contributed by atoms with van der Waals surface area (Å²) in [6.45, 7) is 0. The molecular weight excluding hydrogens is 234 g/mol. The van der Waals surface area contributed by atoms with E-state index >= 15 is 0 Å². The van der Waals surface area contributed by atoms with Gasteiger partial charge in [-0.2, -0.15) is 0 Å². The zero-order chi connectivity index (χ0) is 12.4. The quantitative estimate of drug-likeness (QED) is 0.816. The highest BCUT2D eigenvalue weighted by atomic mass is 32.2. The van der Waals surface area contributed by atoms with Crippen molar-refractivity contribution in [3.8, 4) is 0 Å². The van der Waals surface area contributed by atoms with Gasteiger partial charge in [-0.25, -0.2) is 0 Å². The summed E-state index contributed by atoms with van der Waals surface area (Å²) in [6, 6.07) is 8.10. The molecule has 0 bridgehead atoms. The van der Waals surface area contributed by atoms with Gasteiger partial charge in [-0.3, -0.25) is 9.00 Å². The molecule has 1 aliphatic carbocycles. The van der Waals surface area contributed by atoms with Crippen molar-refractivity contribution in [2.75, 3.05) is 19.8 Å². The van der Waals surface area contributed by atoms with Crippen LogP contribution in [0.1, 0.15) is 22.8 Å². The van der Waals surface area contributed by atoms with E-state index < -0.39 is 10.8 Å². The lowest BCUT2D eigenvalue weighted by Gasteiger charge is -2.14. The zero-order valence-corrected chi connectivity index (χ0v) is 11.0. The van der Waals surface area contributed by atoms with Crippen LogP contribution in [0.3, 0.4) is 0 Å². The third kappa shape index (κ3) is 2.57. The number of carbonyl (C=O) groups excluding carboxylic acids is 1. The molecule has 1 amide bonds. The van der Waals surface area contributed by atoms with Gasteiger partial charge in [0.1, 0.15) is 5.75 Å². The van der Waals surface area contributed by atoms with Crippen LogP contribution in [0.25, 0.3) is 0 Å². The molecule has 0 saturated heterocycles. The van der Waals surface area contributed by atoms with Gasteiger partial charge in [0.25, 0.3) is 0 Å². The van der Waals surface area contributed by atoms with Gasteiger partial charge in [0.05, 0.1) is 5.25 Å². The van der Waals surface area contributed by atoms with Crippen LogP contribution >= 0.6 is 0 Å². The molecular formula is C13H17NO2S. The van der Waals surface area contributed by atoms with Gasteiger partial charge in [-0.15, -0.1) is 0 Å². The molecule has 1 aromatic rings. The first-order valence-electron chi connectivity index (χ1n) is 5.74. The average Bonchev–Trinajstić information content (AvgIpc) is 2.72. The smallest absolute Gasteiger partial charge is 0.234 e. The molecule has 3 nitrogen and oxygen atoms in total. The SMILES string of the molecule is CN(C)C(=O)C[S@@](=O)[C@H]1CCc2ccccc21. The second-order valence-electron chi connectivity index (χ2n) is 4.54. The molecule has 0 radical (unpaired) electrons. The molecule has 0 N–H and O–H groups in total. The first-order valence-corrected chi connectivity index (χ1v) is 7.13. The number of carbonyl (C=O) groups is 1. The van der Waals surface area contributed by atoms with Crippen LogP contribution in [0.4, 0.5) is 0 Å². The number of fused-ring (bicyclic) bond motifs is 1. The summed E-state index contributed by atoms with van der Waals surface area (Å²) in [6.07, 6.45) is 1.87. The van der Waals surface area contributed by atoms with Crippen LogP contribution in [-0.2, 0) is 22.0 Å². The number of amides is 1. The first-order chi connectivity index (χ1) is 8.09. The fraction of sp³-hybridized carbons (Fsp3) is 0.462. The lowest BCUT2D eigenvalue weighted by molar-refractivity contribution is -0.125. The minimum atomic E-state index is -1.10. The standard InChI is InChI=1S/C13H17NO2S/c1-14(2)13(15)9-17(16)12-8-7-10-5-3-4-6-11(10)12/h3-6,12H,7-9H2,1-2H3/t12-,17+/m0/s1. The lowest BCUT2D eigenvalue weighted by Crippen LogP contribution is -2.28. The normalized spacial score (nSPS) is 19.8. The van der Waals surface area contributed by atoms with Crippen molar-refractivity contribution in [3.63, 3.8) is 0 Å². The van der Waals surface area contributed by atoms with Crippen molar-refractivity contribution in [1.29, 1.82) is 0 Å². The molecule has 0 fully saturated rings. The summed E-state index contributed by atoms with van der Waals surface area (Å²) in [7, 11) is 2.29. The molecule has 0 saturated carbocycles. The maximum Gasteiger partial charge on any atom is 0.234 e. The molecule has 0 aliphatic heterocycles. The Morgan fingerprint density at radius 3 is 2.82 bits per heavy atom. The second kappa shape index (κ2) is 5.00. The Bertz CT molecular complexity index is 456. The highest BCUT2D eigenvalue weighted by Crippen LogP contribution is 2.35. The number of hydrogen-bond acceptors (Lipinski definition) is 2. The van der Waals surface area contributed by atoms with Gasteiger partial charge in [0.15, 0.2) is 0 Å². The van der Waals surface area contributed by atoms with Crippen LogP contribution < -0.4 is 0 Å².